The molecule has 1 aromatic carbocycles. The molecule has 0 spiro atoms. The van der Waals surface area contributed by atoms with Crippen molar-refractivity contribution in [3.63, 3.8) is 0 Å². The Bertz CT molecular complexity index is 336. The molecule has 1 heterocycles. The lowest BCUT2D eigenvalue weighted by Crippen LogP contribution is -2.46. The van der Waals surface area contributed by atoms with Gasteiger partial charge in [-0.15, -0.1) is 0 Å². The molecule has 1 aromatic rings. The first-order valence-electron chi connectivity index (χ1n) is 6.71. The zero-order valence-electron chi connectivity index (χ0n) is 11.0. The van der Waals surface area contributed by atoms with Crippen molar-refractivity contribution in [3.8, 4) is 0 Å². The summed E-state index contributed by atoms with van der Waals surface area (Å²) in [6.07, 6.45) is 2.29. The van der Waals surface area contributed by atoms with Crippen LogP contribution >= 0.6 is 0 Å². The summed E-state index contributed by atoms with van der Waals surface area (Å²) in [6, 6.07) is 11.8. The van der Waals surface area contributed by atoms with Gasteiger partial charge in [0.1, 0.15) is 0 Å². The van der Waals surface area contributed by atoms with Gasteiger partial charge in [-0.05, 0) is 37.8 Å². The highest BCUT2D eigenvalue weighted by molar-refractivity contribution is 5.19. The molecule has 1 aliphatic rings. The molecular weight excluding hydrogens is 208 g/mol. The summed E-state index contributed by atoms with van der Waals surface area (Å²) in [5, 5.41) is 0. The molecule has 0 saturated carbocycles. The van der Waals surface area contributed by atoms with Crippen molar-refractivity contribution in [2.24, 2.45) is 5.73 Å². The molecule has 3 atom stereocenters. The lowest BCUT2D eigenvalue weighted by atomic mass is 9.95. The van der Waals surface area contributed by atoms with Gasteiger partial charge in [0.05, 0.1) is 0 Å². The van der Waals surface area contributed by atoms with E-state index in [1.807, 2.05) is 0 Å². The SMILES string of the molecule is CC(CN1CCC(N)CC1C)c1ccccc1. The van der Waals surface area contributed by atoms with E-state index in [9.17, 15) is 0 Å². The summed E-state index contributed by atoms with van der Waals surface area (Å²) in [6.45, 7) is 6.92. The summed E-state index contributed by atoms with van der Waals surface area (Å²) in [5.74, 6) is 0.605. The number of rotatable bonds is 3. The highest BCUT2D eigenvalue weighted by Crippen LogP contribution is 2.21. The normalized spacial score (nSPS) is 27.9. The molecule has 0 radical (unpaired) electrons. The van der Waals surface area contributed by atoms with Gasteiger partial charge in [-0.1, -0.05) is 37.3 Å². The first-order chi connectivity index (χ1) is 8.16. The van der Waals surface area contributed by atoms with Gasteiger partial charge >= 0.3 is 0 Å². The molecule has 0 amide bonds. The summed E-state index contributed by atoms with van der Waals surface area (Å²) in [4.78, 5) is 2.58. The molecule has 94 valence electrons. The average Bonchev–Trinajstić information content (AvgIpc) is 2.34. The van der Waals surface area contributed by atoms with Crippen LogP contribution < -0.4 is 5.73 Å². The van der Waals surface area contributed by atoms with Crippen molar-refractivity contribution in [1.82, 2.24) is 4.90 Å². The quantitative estimate of drug-likeness (QED) is 0.868. The van der Waals surface area contributed by atoms with Crippen molar-refractivity contribution in [1.29, 1.82) is 0 Å². The number of piperidine rings is 1. The predicted molar refractivity (Wildman–Crippen MR) is 73.1 cm³/mol. The maximum atomic E-state index is 6.00. The Kier molecular flexibility index (Phi) is 4.19. The standard InChI is InChI=1S/C15H24N2/c1-12(14-6-4-3-5-7-14)11-17-9-8-15(16)10-13(17)2/h3-7,12-13,15H,8-11,16H2,1-2H3. The molecule has 0 aromatic heterocycles. The number of nitrogens with two attached hydrogens (primary N) is 1. The number of likely N-dealkylation sites (tertiary alicyclic amines) is 1. The fraction of sp³-hybridized carbons (Fsp3) is 0.600. The van der Waals surface area contributed by atoms with Crippen molar-refractivity contribution in [3.05, 3.63) is 35.9 Å². The highest BCUT2D eigenvalue weighted by Gasteiger charge is 2.24. The minimum absolute atomic E-state index is 0.410. The zero-order chi connectivity index (χ0) is 12.3. The van der Waals surface area contributed by atoms with Crippen LogP contribution in [0.15, 0.2) is 30.3 Å². The molecule has 17 heavy (non-hydrogen) atoms. The van der Waals surface area contributed by atoms with Gasteiger partial charge in [0.25, 0.3) is 0 Å². The Balaban J connectivity index is 1.93. The number of hydrogen-bond donors (Lipinski definition) is 1. The maximum absolute atomic E-state index is 6.00. The summed E-state index contributed by atoms with van der Waals surface area (Å²) < 4.78 is 0. The minimum Gasteiger partial charge on any atom is -0.328 e. The third-order valence-electron chi connectivity index (χ3n) is 3.93. The van der Waals surface area contributed by atoms with Crippen LogP contribution in [0.4, 0.5) is 0 Å². The zero-order valence-corrected chi connectivity index (χ0v) is 11.0. The van der Waals surface area contributed by atoms with Crippen LogP contribution in [0, 0.1) is 0 Å². The monoisotopic (exact) mass is 232 g/mol. The Morgan fingerprint density at radius 1 is 1.35 bits per heavy atom. The molecule has 0 bridgehead atoms. The third kappa shape index (κ3) is 3.30. The van der Waals surface area contributed by atoms with Gasteiger partial charge < -0.3 is 5.73 Å². The molecule has 3 unspecified atom stereocenters. The van der Waals surface area contributed by atoms with Gasteiger partial charge in [-0.2, -0.15) is 0 Å². The van der Waals surface area contributed by atoms with Crippen molar-refractivity contribution < 1.29 is 0 Å². The van der Waals surface area contributed by atoms with Crippen LogP contribution in [-0.4, -0.2) is 30.1 Å². The van der Waals surface area contributed by atoms with Gasteiger partial charge in [-0.3, -0.25) is 4.90 Å². The Morgan fingerprint density at radius 2 is 2.06 bits per heavy atom. The van der Waals surface area contributed by atoms with E-state index in [-0.39, 0.29) is 0 Å². The molecule has 2 N–H and O–H groups in total. The van der Waals surface area contributed by atoms with E-state index in [4.69, 9.17) is 5.73 Å². The Labute approximate surface area is 105 Å². The Morgan fingerprint density at radius 3 is 2.71 bits per heavy atom. The molecular formula is C15H24N2. The van der Waals surface area contributed by atoms with Crippen LogP contribution in [-0.2, 0) is 0 Å². The van der Waals surface area contributed by atoms with E-state index >= 15 is 0 Å². The fourth-order valence-electron chi connectivity index (χ4n) is 2.77. The largest absolute Gasteiger partial charge is 0.328 e. The van der Waals surface area contributed by atoms with Crippen LogP contribution in [0.25, 0.3) is 0 Å². The van der Waals surface area contributed by atoms with Crippen molar-refractivity contribution in [2.45, 2.75) is 44.7 Å². The molecule has 2 rings (SSSR count). The smallest absolute Gasteiger partial charge is 0.00819 e. The molecule has 0 aliphatic carbocycles. The van der Waals surface area contributed by atoms with Crippen LogP contribution in [0.3, 0.4) is 0 Å². The number of benzene rings is 1. The third-order valence-corrected chi connectivity index (χ3v) is 3.93. The second-order valence-electron chi connectivity index (χ2n) is 5.44. The maximum Gasteiger partial charge on any atom is 0.00819 e. The van der Waals surface area contributed by atoms with Gasteiger partial charge in [0.15, 0.2) is 0 Å². The summed E-state index contributed by atoms with van der Waals surface area (Å²) in [5.41, 5.74) is 7.44. The lowest BCUT2D eigenvalue weighted by molar-refractivity contribution is 0.141. The van der Waals surface area contributed by atoms with E-state index in [1.165, 1.54) is 5.56 Å². The van der Waals surface area contributed by atoms with Gasteiger partial charge in [0, 0.05) is 18.6 Å². The minimum atomic E-state index is 0.410. The predicted octanol–water partition coefficient (Wildman–Crippen LogP) is 2.60. The highest BCUT2D eigenvalue weighted by atomic mass is 15.2. The first kappa shape index (κ1) is 12.6. The van der Waals surface area contributed by atoms with E-state index in [0.29, 0.717) is 18.0 Å². The molecule has 2 nitrogen and oxygen atoms in total. The Hall–Kier alpha value is -0.860. The van der Waals surface area contributed by atoms with Gasteiger partial charge in [-0.25, -0.2) is 0 Å². The second-order valence-corrected chi connectivity index (χ2v) is 5.44. The first-order valence-corrected chi connectivity index (χ1v) is 6.71. The molecule has 1 saturated heterocycles. The van der Waals surface area contributed by atoms with Crippen LogP contribution in [0.1, 0.15) is 38.2 Å². The second kappa shape index (κ2) is 5.65. The summed E-state index contributed by atoms with van der Waals surface area (Å²) in [7, 11) is 0. The fourth-order valence-corrected chi connectivity index (χ4v) is 2.77. The lowest BCUT2D eigenvalue weighted by Gasteiger charge is -2.37. The molecule has 2 heteroatoms. The van der Waals surface area contributed by atoms with Crippen molar-refractivity contribution in [2.75, 3.05) is 13.1 Å². The number of hydrogen-bond acceptors (Lipinski definition) is 2. The van der Waals surface area contributed by atoms with Gasteiger partial charge in [0.2, 0.25) is 0 Å². The topological polar surface area (TPSA) is 29.3 Å². The van der Waals surface area contributed by atoms with E-state index in [0.717, 1.165) is 25.9 Å². The van der Waals surface area contributed by atoms with E-state index < -0.39 is 0 Å². The average molecular weight is 232 g/mol. The molecule has 1 fully saturated rings. The van der Waals surface area contributed by atoms with E-state index in [1.54, 1.807) is 0 Å². The van der Waals surface area contributed by atoms with Crippen molar-refractivity contribution >= 4 is 0 Å². The number of nitrogens with zero attached hydrogens (tertiary/aromatic N) is 1. The van der Waals surface area contributed by atoms with E-state index in [2.05, 4.69) is 49.1 Å². The van der Waals surface area contributed by atoms with Crippen LogP contribution in [0.2, 0.25) is 0 Å². The van der Waals surface area contributed by atoms with Crippen LogP contribution in [0.5, 0.6) is 0 Å². The summed E-state index contributed by atoms with van der Waals surface area (Å²) >= 11 is 0. The molecule has 1 aliphatic heterocycles.